The Hall–Kier alpha value is -1.97. The van der Waals surface area contributed by atoms with Crippen LogP contribution in [0.3, 0.4) is 0 Å². The molecule has 17 heavy (non-hydrogen) atoms. The van der Waals surface area contributed by atoms with Gasteiger partial charge in [0.15, 0.2) is 5.75 Å². The minimum absolute atomic E-state index is 0.102. The summed E-state index contributed by atoms with van der Waals surface area (Å²) >= 11 is 0. The molecule has 0 aliphatic carbocycles. The number of ether oxygens (including phenoxy) is 1. The maximum absolute atomic E-state index is 11.1. The van der Waals surface area contributed by atoms with Crippen LogP contribution in [0.25, 0.3) is 11.0 Å². The molecule has 0 radical (unpaired) electrons. The molecule has 0 aliphatic rings. The van der Waals surface area contributed by atoms with Gasteiger partial charge in [0.1, 0.15) is 5.58 Å². The molecule has 90 valence electrons. The van der Waals surface area contributed by atoms with E-state index in [0.717, 1.165) is 5.56 Å². The fraction of sp³-hybridized carbons (Fsp3) is 0.308. The number of carboxylic acid groups (broad SMARTS) is 1. The fourth-order valence-electron chi connectivity index (χ4n) is 1.73. The van der Waals surface area contributed by atoms with Crippen molar-refractivity contribution in [2.45, 2.75) is 26.9 Å². The van der Waals surface area contributed by atoms with Crippen LogP contribution >= 0.6 is 0 Å². The Morgan fingerprint density at radius 3 is 2.71 bits per heavy atom. The molecule has 0 bridgehead atoms. The van der Waals surface area contributed by atoms with Crippen LogP contribution in [0, 0.1) is 6.92 Å². The molecule has 1 aromatic carbocycles. The SMILES string of the molecule is Cc1cccc2c(OC(C)C)c(C(=O)O)oc12. The number of hydrogen-bond acceptors (Lipinski definition) is 3. The van der Waals surface area contributed by atoms with Crippen molar-refractivity contribution in [1.29, 1.82) is 0 Å². The summed E-state index contributed by atoms with van der Waals surface area (Å²) in [4.78, 5) is 11.1. The zero-order chi connectivity index (χ0) is 12.6. The second-order valence-corrected chi connectivity index (χ2v) is 4.18. The minimum atomic E-state index is -1.11. The molecule has 1 N–H and O–H groups in total. The highest BCUT2D eigenvalue weighted by molar-refractivity contribution is 5.98. The highest BCUT2D eigenvalue weighted by Gasteiger charge is 2.22. The van der Waals surface area contributed by atoms with Gasteiger partial charge in [0.25, 0.3) is 5.76 Å². The third-order valence-corrected chi connectivity index (χ3v) is 2.41. The molecular formula is C13H14O4. The molecule has 0 unspecified atom stereocenters. The van der Waals surface area contributed by atoms with E-state index in [9.17, 15) is 4.79 Å². The van der Waals surface area contributed by atoms with Crippen LogP contribution in [0.2, 0.25) is 0 Å². The molecule has 4 nitrogen and oxygen atoms in total. The second-order valence-electron chi connectivity index (χ2n) is 4.18. The predicted molar refractivity (Wildman–Crippen MR) is 63.7 cm³/mol. The first-order valence-electron chi connectivity index (χ1n) is 5.42. The maximum Gasteiger partial charge on any atom is 0.375 e. The standard InChI is InChI=1S/C13H14O4/c1-7(2)16-11-9-6-4-5-8(3)10(9)17-12(11)13(14)15/h4-7H,1-3H3,(H,14,15). The quantitative estimate of drug-likeness (QED) is 0.885. The first kappa shape index (κ1) is 11.5. The summed E-state index contributed by atoms with van der Waals surface area (Å²) in [6.07, 6.45) is -0.102. The highest BCUT2D eigenvalue weighted by Crippen LogP contribution is 2.35. The molecule has 0 amide bonds. The number of carbonyl (C=O) groups is 1. The number of furan rings is 1. The van der Waals surface area contributed by atoms with Crippen molar-refractivity contribution in [1.82, 2.24) is 0 Å². The first-order valence-corrected chi connectivity index (χ1v) is 5.42. The molecule has 0 saturated heterocycles. The zero-order valence-electron chi connectivity index (χ0n) is 9.98. The molecule has 0 saturated carbocycles. The Balaban J connectivity index is 2.71. The van der Waals surface area contributed by atoms with E-state index in [-0.39, 0.29) is 11.9 Å². The third kappa shape index (κ3) is 1.98. The van der Waals surface area contributed by atoms with Crippen molar-refractivity contribution in [2.75, 3.05) is 0 Å². The number of hydrogen-bond donors (Lipinski definition) is 1. The van der Waals surface area contributed by atoms with E-state index in [4.69, 9.17) is 14.3 Å². The summed E-state index contributed by atoms with van der Waals surface area (Å²) in [6.45, 7) is 5.57. The van der Waals surface area contributed by atoms with Gasteiger partial charge in [-0.15, -0.1) is 0 Å². The summed E-state index contributed by atoms with van der Waals surface area (Å²) in [5, 5.41) is 9.80. The van der Waals surface area contributed by atoms with Crippen LogP contribution in [-0.2, 0) is 0 Å². The summed E-state index contributed by atoms with van der Waals surface area (Å²) in [6, 6.07) is 5.53. The average Bonchev–Trinajstić information content (AvgIpc) is 2.58. The third-order valence-electron chi connectivity index (χ3n) is 2.41. The van der Waals surface area contributed by atoms with Crippen LogP contribution < -0.4 is 4.74 Å². The van der Waals surface area contributed by atoms with Gasteiger partial charge in [-0.05, 0) is 32.4 Å². The van der Waals surface area contributed by atoms with E-state index >= 15 is 0 Å². The van der Waals surface area contributed by atoms with Gasteiger partial charge in [0.05, 0.1) is 11.5 Å². The van der Waals surface area contributed by atoms with Crippen molar-refractivity contribution < 1.29 is 19.1 Å². The summed E-state index contributed by atoms with van der Waals surface area (Å²) in [5.74, 6) is -0.939. The molecule has 0 atom stereocenters. The van der Waals surface area contributed by atoms with Crippen molar-refractivity contribution in [3.8, 4) is 5.75 Å². The predicted octanol–water partition coefficient (Wildman–Crippen LogP) is 3.23. The number of aryl methyl sites for hydroxylation is 1. The van der Waals surface area contributed by atoms with Gasteiger partial charge in [-0.1, -0.05) is 12.1 Å². The van der Waals surface area contributed by atoms with E-state index in [1.165, 1.54) is 0 Å². The van der Waals surface area contributed by atoms with Crippen LogP contribution in [0.15, 0.2) is 22.6 Å². The Labute approximate surface area is 98.8 Å². The highest BCUT2D eigenvalue weighted by atomic mass is 16.5. The summed E-state index contributed by atoms with van der Waals surface area (Å²) in [7, 11) is 0. The zero-order valence-corrected chi connectivity index (χ0v) is 9.98. The number of carboxylic acids is 1. The molecular weight excluding hydrogens is 220 g/mol. The van der Waals surface area contributed by atoms with Crippen LogP contribution in [0.1, 0.15) is 30.0 Å². The lowest BCUT2D eigenvalue weighted by Gasteiger charge is -2.08. The van der Waals surface area contributed by atoms with Crippen molar-refractivity contribution in [3.05, 3.63) is 29.5 Å². The monoisotopic (exact) mass is 234 g/mol. The molecule has 0 fully saturated rings. The van der Waals surface area contributed by atoms with Crippen molar-refractivity contribution in [2.24, 2.45) is 0 Å². The van der Waals surface area contributed by atoms with Crippen LogP contribution in [0.5, 0.6) is 5.75 Å². The van der Waals surface area contributed by atoms with E-state index in [1.807, 2.05) is 32.9 Å². The lowest BCUT2D eigenvalue weighted by Crippen LogP contribution is -2.08. The number of rotatable bonds is 3. The number of benzene rings is 1. The maximum atomic E-state index is 11.1. The summed E-state index contributed by atoms with van der Waals surface area (Å²) < 4.78 is 10.9. The smallest absolute Gasteiger partial charge is 0.375 e. The van der Waals surface area contributed by atoms with Gasteiger partial charge in [0.2, 0.25) is 0 Å². The molecule has 2 aromatic rings. The average molecular weight is 234 g/mol. The van der Waals surface area contributed by atoms with Crippen LogP contribution in [-0.4, -0.2) is 17.2 Å². The van der Waals surface area contributed by atoms with Gasteiger partial charge in [-0.3, -0.25) is 0 Å². The normalized spacial score (nSPS) is 11.1. The molecule has 1 aromatic heterocycles. The second kappa shape index (κ2) is 4.13. The van der Waals surface area contributed by atoms with Gasteiger partial charge in [-0.2, -0.15) is 0 Å². The first-order chi connectivity index (χ1) is 8.00. The Bertz CT molecular complexity index is 566. The Kier molecular flexibility index (Phi) is 2.79. The molecule has 1 heterocycles. The topological polar surface area (TPSA) is 59.7 Å². The molecule has 0 spiro atoms. The number of aromatic carboxylic acids is 1. The fourth-order valence-corrected chi connectivity index (χ4v) is 1.73. The van der Waals surface area contributed by atoms with Gasteiger partial charge < -0.3 is 14.3 Å². The molecule has 4 heteroatoms. The van der Waals surface area contributed by atoms with Gasteiger partial charge in [0, 0.05) is 0 Å². The van der Waals surface area contributed by atoms with Gasteiger partial charge >= 0.3 is 5.97 Å². The Morgan fingerprint density at radius 1 is 1.41 bits per heavy atom. The van der Waals surface area contributed by atoms with Gasteiger partial charge in [-0.25, -0.2) is 4.79 Å². The molecule has 0 aliphatic heterocycles. The lowest BCUT2D eigenvalue weighted by molar-refractivity contribution is 0.0656. The largest absolute Gasteiger partial charge is 0.486 e. The summed E-state index contributed by atoms with van der Waals surface area (Å²) in [5.41, 5.74) is 1.46. The van der Waals surface area contributed by atoms with E-state index < -0.39 is 5.97 Å². The van der Waals surface area contributed by atoms with E-state index in [2.05, 4.69) is 0 Å². The minimum Gasteiger partial charge on any atom is -0.486 e. The van der Waals surface area contributed by atoms with E-state index in [0.29, 0.717) is 16.7 Å². The number of para-hydroxylation sites is 1. The molecule has 2 rings (SSSR count). The van der Waals surface area contributed by atoms with Crippen molar-refractivity contribution >= 4 is 16.9 Å². The Morgan fingerprint density at radius 2 is 2.12 bits per heavy atom. The van der Waals surface area contributed by atoms with E-state index in [1.54, 1.807) is 6.07 Å². The van der Waals surface area contributed by atoms with Crippen molar-refractivity contribution in [3.63, 3.8) is 0 Å². The number of fused-ring (bicyclic) bond motifs is 1. The lowest BCUT2D eigenvalue weighted by atomic mass is 10.1. The van der Waals surface area contributed by atoms with Crippen LogP contribution in [0.4, 0.5) is 0 Å².